The Balaban J connectivity index is 1.90. The van der Waals surface area contributed by atoms with Gasteiger partial charge in [-0.15, -0.1) is 0 Å². The van der Waals surface area contributed by atoms with Crippen LogP contribution in [0.25, 0.3) is 16.9 Å². The van der Waals surface area contributed by atoms with E-state index in [1.54, 1.807) is 6.07 Å². The molecule has 24 heavy (non-hydrogen) atoms. The summed E-state index contributed by atoms with van der Waals surface area (Å²) in [7, 11) is 0. The molecule has 0 aliphatic rings. The van der Waals surface area contributed by atoms with E-state index < -0.39 is 0 Å². The predicted molar refractivity (Wildman–Crippen MR) is 94.5 cm³/mol. The third-order valence-corrected chi connectivity index (χ3v) is 4.78. The van der Waals surface area contributed by atoms with E-state index in [1.807, 2.05) is 28.8 Å². The number of rotatable bonds is 3. The first kappa shape index (κ1) is 14.8. The third kappa shape index (κ3) is 2.74. The van der Waals surface area contributed by atoms with Crippen molar-refractivity contribution in [2.75, 3.05) is 0 Å². The van der Waals surface area contributed by atoms with E-state index in [1.165, 1.54) is 29.7 Å². The lowest BCUT2D eigenvalue weighted by Gasteiger charge is -2.05. The molecule has 0 saturated heterocycles. The van der Waals surface area contributed by atoms with Gasteiger partial charge in [0.05, 0.1) is 6.26 Å². The molecule has 0 bridgehead atoms. The summed E-state index contributed by atoms with van der Waals surface area (Å²) in [5, 5.41) is 0.972. The van der Waals surface area contributed by atoms with Gasteiger partial charge in [-0.05, 0) is 25.1 Å². The second kappa shape index (κ2) is 6.02. The molecule has 0 radical (unpaired) electrons. The molecule has 0 aliphatic heterocycles. The summed E-state index contributed by atoms with van der Waals surface area (Å²) in [6.07, 6.45) is 3.40. The van der Waals surface area contributed by atoms with Crippen molar-refractivity contribution >= 4 is 17.4 Å². The Morgan fingerprint density at radius 3 is 2.71 bits per heavy atom. The van der Waals surface area contributed by atoms with E-state index in [-0.39, 0.29) is 5.63 Å². The average molecular weight is 334 g/mol. The Morgan fingerprint density at radius 2 is 1.92 bits per heavy atom. The van der Waals surface area contributed by atoms with Crippen LogP contribution in [0.4, 0.5) is 0 Å². The van der Waals surface area contributed by atoms with Crippen LogP contribution in [0.3, 0.4) is 0 Å². The maximum absolute atomic E-state index is 11.5. The van der Waals surface area contributed by atoms with E-state index in [2.05, 4.69) is 31.2 Å². The van der Waals surface area contributed by atoms with Gasteiger partial charge in [-0.3, -0.25) is 4.40 Å². The number of aromatic nitrogens is 2. The number of nitrogens with zero attached hydrogens (tertiary/aromatic N) is 2. The molecular weight excluding hydrogens is 320 g/mol. The molecule has 0 amide bonds. The van der Waals surface area contributed by atoms with Crippen molar-refractivity contribution in [3.63, 3.8) is 0 Å². The van der Waals surface area contributed by atoms with Crippen LogP contribution < -0.4 is 5.63 Å². The summed E-state index contributed by atoms with van der Waals surface area (Å²) < 4.78 is 6.85. The fourth-order valence-electron chi connectivity index (χ4n) is 2.51. The van der Waals surface area contributed by atoms with Crippen molar-refractivity contribution in [2.24, 2.45) is 0 Å². The Kier molecular flexibility index (Phi) is 3.70. The zero-order valence-corrected chi connectivity index (χ0v) is 13.8. The van der Waals surface area contributed by atoms with Gasteiger partial charge in [0.25, 0.3) is 0 Å². The summed E-state index contributed by atoms with van der Waals surface area (Å²) >= 11 is 1.50. The predicted octanol–water partition coefficient (Wildman–Crippen LogP) is 4.41. The van der Waals surface area contributed by atoms with Crippen molar-refractivity contribution in [3.05, 3.63) is 83.0 Å². The minimum absolute atomic E-state index is 0.356. The van der Waals surface area contributed by atoms with Crippen molar-refractivity contribution in [3.8, 4) is 11.3 Å². The molecule has 0 aliphatic carbocycles. The molecule has 118 valence electrons. The Labute approximate surface area is 142 Å². The zero-order chi connectivity index (χ0) is 16.5. The van der Waals surface area contributed by atoms with Gasteiger partial charge in [-0.1, -0.05) is 47.7 Å². The molecule has 0 atom stereocenters. The maximum Gasteiger partial charge on any atom is 0.336 e. The number of benzene rings is 1. The van der Waals surface area contributed by atoms with E-state index >= 15 is 0 Å². The summed E-state index contributed by atoms with van der Waals surface area (Å²) in [4.78, 5) is 17.1. The largest absolute Gasteiger partial charge is 0.431 e. The molecule has 0 unspecified atom stereocenters. The minimum atomic E-state index is -0.356. The second-order valence-corrected chi connectivity index (χ2v) is 6.51. The molecule has 0 N–H and O–H groups in total. The highest BCUT2D eigenvalue weighted by Crippen LogP contribution is 2.36. The molecule has 5 heteroatoms. The minimum Gasteiger partial charge on any atom is -0.431 e. The van der Waals surface area contributed by atoms with Crippen molar-refractivity contribution in [2.45, 2.75) is 16.8 Å². The summed E-state index contributed by atoms with van der Waals surface area (Å²) in [5.41, 5.74) is 3.68. The molecule has 3 heterocycles. The van der Waals surface area contributed by atoms with Crippen molar-refractivity contribution in [1.29, 1.82) is 0 Å². The van der Waals surface area contributed by atoms with Gasteiger partial charge in [-0.25, -0.2) is 9.78 Å². The summed E-state index contributed by atoms with van der Waals surface area (Å²) in [5.74, 6) is 0. The monoisotopic (exact) mass is 334 g/mol. The maximum atomic E-state index is 11.5. The van der Waals surface area contributed by atoms with Crippen LogP contribution in [0.2, 0.25) is 0 Å². The van der Waals surface area contributed by atoms with Crippen LogP contribution in [-0.2, 0) is 0 Å². The fourth-order valence-corrected chi connectivity index (χ4v) is 3.53. The van der Waals surface area contributed by atoms with E-state index in [9.17, 15) is 4.79 Å². The van der Waals surface area contributed by atoms with Gasteiger partial charge in [0.2, 0.25) is 0 Å². The smallest absolute Gasteiger partial charge is 0.336 e. The van der Waals surface area contributed by atoms with Gasteiger partial charge < -0.3 is 4.42 Å². The standard InChI is InChI=1S/C19H14N2O2S/c1-13-5-7-14(8-6-13)18-19(21-10-3-2-4-16(21)20-18)24-15-9-11-23-17(22)12-15/h2-12H,1H3. The van der Waals surface area contributed by atoms with E-state index in [4.69, 9.17) is 9.40 Å². The van der Waals surface area contributed by atoms with Gasteiger partial charge >= 0.3 is 5.63 Å². The zero-order valence-electron chi connectivity index (χ0n) is 13.0. The first-order valence-corrected chi connectivity index (χ1v) is 8.33. The number of aryl methyl sites for hydroxylation is 1. The highest BCUT2D eigenvalue weighted by molar-refractivity contribution is 7.99. The lowest BCUT2D eigenvalue weighted by molar-refractivity contribution is 0.506. The van der Waals surface area contributed by atoms with Gasteiger partial charge in [0.1, 0.15) is 16.4 Å². The quantitative estimate of drug-likeness (QED) is 0.557. The molecule has 0 saturated carbocycles. The van der Waals surface area contributed by atoms with Crippen LogP contribution >= 0.6 is 11.8 Å². The van der Waals surface area contributed by atoms with E-state index in [0.29, 0.717) is 0 Å². The number of hydrogen-bond donors (Lipinski definition) is 0. The molecule has 4 aromatic rings. The van der Waals surface area contributed by atoms with Crippen molar-refractivity contribution in [1.82, 2.24) is 9.38 Å². The summed E-state index contributed by atoms with van der Waals surface area (Å²) in [6, 6.07) is 17.5. The first-order chi connectivity index (χ1) is 11.7. The van der Waals surface area contributed by atoms with Crippen LogP contribution in [0.15, 0.2) is 86.2 Å². The molecule has 0 fully saturated rings. The molecule has 4 rings (SSSR count). The third-order valence-electron chi connectivity index (χ3n) is 3.70. The Hall–Kier alpha value is -2.79. The van der Waals surface area contributed by atoms with Gasteiger partial charge in [0.15, 0.2) is 0 Å². The molecule has 4 nitrogen and oxygen atoms in total. The van der Waals surface area contributed by atoms with Crippen LogP contribution in [0.1, 0.15) is 5.56 Å². The molecule has 3 aromatic heterocycles. The number of hydrogen-bond acceptors (Lipinski definition) is 4. The highest BCUT2D eigenvalue weighted by atomic mass is 32.2. The molecular formula is C19H14N2O2S. The molecule has 1 aromatic carbocycles. The SMILES string of the molecule is Cc1ccc(-c2nc3ccccn3c2Sc2ccoc(=O)c2)cc1. The van der Waals surface area contributed by atoms with Crippen molar-refractivity contribution < 1.29 is 4.42 Å². The van der Waals surface area contributed by atoms with Crippen LogP contribution in [0.5, 0.6) is 0 Å². The second-order valence-electron chi connectivity index (χ2n) is 5.45. The van der Waals surface area contributed by atoms with Crippen LogP contribution in [-0.4, -0.2) is 9.38 Å². The number of fused-ring (bicyclic) bond motifs is 1. The first-order valence-electron chi connectivity index (χ1n) is 7.51. The Bertz CT molecular complexity index is 1060. The van der Waals surface area contributed by atoms with Crippen LogP contribution in [0, 0.1) is 6.92 Å². The average Bonchev–Trinajstić information content (AvgIpc) is 2.94. The van der Waals surface area contributed by atoms with Gasteiger partial charge in [-0.2, -0.15) is 0 Å². The normalized spacial score (nSPS) is 11.0. The summed E-state index contributed by atoms with van der Waals surface area (Å²) in [6.45, 7) is 2.06. The number of imidazole rings is 1. The number of pyridine rings is 1. The van der Waals surface area contributed by atoms with E-state index in [0.717, 1.165) is 26.8 Å². The highest BCUT2D eigenvalue weighted by Gasteiger charge is 2.15. The lowest BCUT2D eigenvalue weighted by Crippen LogP contribution is -1.95. The Morgan fingerprint density at radius 1 is 1.08 bits per heavy atom. The topological polar surface area (TPSA) is 47.5 Å². The van der Waals surface area contributed by atoms with Gasteiger partial charge in [0, 0.05) is 22.7 Å². The fraction of sp³-hybridized carbons (Fsp3) is 0.0526. The molecule has 0 spiro atoms. The lowest BCUT2D eigenvalue weighted by atomic mass is 10.1.